The van der Waals surface area contributed by atoms with E-state index in [0.717, 1.165) is 9.37 Å². The molecule has 0 unspecified atom stereocenters. The quantitative estimate of drug-likeness (QED) is 0.350. The van der Waals surface area contributed by atoms with Crippen molar-refractivity contribution in [3.63, 3.8) is 0 Å². The van der Waals surface area contributed by atoms with Gasteiger partial charge in [-0.2, -0.15) is 0 Å². The van der Waals surface area contributed by atoms with Crippen LogP contribution in [-0.2, 0) is 0 Å². The summed E-state index contributed by atoms with van der Waals surface area (Å²) >= 11 is 16.6. The molecule has 0 heterocycles. The van der Waals surface area contributed by atoms with Crippen molar-refractivity contribution in [3.05, 3.63) is 74.0 Å². The highest BCUT2D eigenvalue weighted by atomic mass is 79.9. The molecular formula is C15H9BrCl2OS. The minimum atomic E-state index is -0.0526. The molecule has 20 heavy (non-hydrogen) atoms. The molecule has 2 aromatic carbocycles. The van der Waals surface area contributed by atoms with Crippen LogP contribution in [0.2, 0.25) is 10.0 Å². The van der Waals surface area contributed by atoms with Crippen LogP contribution >= 0.6 is 50.9 Å². The van der Waals surface area contributed by atoms with Gasteiger partial charge in [0.2, 0.25) is 0 Å². The minimum Gasteiger partial charge on any atom is -0.289 e. The van der Waals surface area contributed by atoms with Crippen molar-refractivity contribution >= 4 is 56.7 Å². The van der Waals surface area contributed by atoms with E-state index in [9.17, 15) is 4.79 Å². The Labute approximate surface area is 140 Å². The van der Waals surface area contributed by atoms with Gasteiger partial charge in [-0.25, -0.2) is 0 Å². The second-order valence-corrected chi connectivity index (χ2v) is 6.57. The van der Waals surface area contributed by atoms with Crippen molar-refractivity contribution < 1.29 is 4.79 Å². The van der Waals surface area contributed by atoms with E-state index in [1.807, 2.05) is 12.1 Å². The van der Waals surface area contributed by atoms with Crippen molar-refractivity contribution in [2.75, 3.05) is 0 Å². The van der Waals surface area contributed by atoms with E-state index in [-0.39, 0.29) is 5.78 Å². The van der Waals surface area contributed by atoms with Crippen molar-refractivity contribution in [2.45, 2.75) is 4.90 Å². The van der Waals surface area contributed by atoms with E-state index in [1.165, 1.54) is 17.8 Å². The molecular weight excluding hydrogens is 379 g/mol. The molecule has 0 saturated carbocycles. The maximum absolute atomic E-state index is 11.9. The van der Waals surface area contributed by atoms with Crippen LogP contribution in [0.5, 0.6) is 0 Å². The van der Waals surface area contributed by atoms with Crippen LogP contribution in [-0.4, -0.2) is 5.78 Å². The molecule has 0 aromatic heterocycles. The molecule has 1 nitrogen and oxygen atoms in total. The van der Waals surface area contributed by atoms with Gasteiger partial charge in [-0.1, -0.05) is 50.9 Å². The summed E-state index contributed by atoms with van der Waals surface area (Å²) in [4.78, 5) is 12.7. The Kier molecular flexibility index (Phi) is 5.73. The molecule has 0 bridgehead atoms. The average molecular weight is 388 g/mol. The molecule has 102 valence electrons. The normalized spacial score (nSPS) is 10.9. The Bertz CT molecular complexity index is 653. The number of hydrogen-bond donors (Lipinski definition) is 0. The summed E-state index contributed by atoms with van der Waals surface area (Å²) in [5.41, 5.74) is 0.641. The number of benzene rings is 2. The average Bonchev–Trinajstić information content (AvgIpc) is 2.43. The van der Waals surface area contributed by atoms with E-state index in [2.05, 4.69) is 15.9 Å². The smallest absolute Gasteiger partial charge is 0.186 e. The first-order valence-corrected chi connectivity index (χ1v) is 8.07. The monoisotopic (exact) mass is 386 g/mol. The number of ketones is 1. The number of halogens is 3. The maximum atomic E-state index is 11.9. The second-order valence-electron chi connectivity index (χ2n) is 3.87. The third-order valence-electron chi connectivity index (χ3n) is 2.44. The molecule has 2 rings (SSSR count). The molecule has 0 N–H and O–H groups in total. The molecule has 0 aliphatic rings. The van der Waals surface area contributed by atoms with Crippen molar-refractivity contribution in [1.82, 2.24) is 0 Å². The molecule has 0 aliphatic carbocycles. The number of carbonyl (C=O) groups excluding carboxylic acids is 1. The fourth-order valence-electron chi connectivity index (χ4n) is 1.45. The van der Waals surface area contributed by atoms with Gasteiger partial charge in [-0.15, -0.1) is 0 Å². The van der Waals surface area contributed by atoms with Crippen LogP contribution < -0.4 is 0 Å². The standard InChI is InChI=1S/C15H9BrCl2OS/c16-11-3-1-10(2-4-11)14(19)7-8-20-15-9-12(17)5-6-13(15)18/h1-9H. The predicted octanol–water partition coefficient (Wildman–Crippen LogP) is 6.24. The molecule has 0 atom stereocenters. The van der Waals surface area contributed by atoms with E-state index in [0.29, 0.717) is 15.6 Å². The van der Waals surface area contributed by atoms with Gasteiger partial charge in [0.15, 0.2) is 5.78 Å². The van der Waals surface area contributed by atoms with Crippen LogP contribution in [0.25, 0.3) is 0 Å². The highest BCUT2D eigenvalue weighted by Gasteiger charge is 2.03. The second kappa shape index (κ2) is 7.32. The Morgan fingerprint density at radius 1 is 1.10 bits per heavy atom. The lowest BCUT2D eigenvalue weighted by molar-refractivity contribution is 0.104. The van der Waals surface area contributed by atoms with E-state index >= 15 is 0 Å². The minimum absolute atomic E-state index is 0.0526. The van der Waals surface area contributed by atoms with Crippen LogP contribution in [0.1, 0.15) is 10.4 Å². The molecule has 5 heteroatoms. The first-order chi connectivity index (χ1) is 9.56. The molecule has 0 spiro atoms. The molecule has 0 saturated heterocycles. The van der Waals surface area contributed by atoms with Crippen LogP contribution in [0.3, 0.4) is 0 Å². The Morgan fingerprint density at radius 2 is 1.80 bits per heavy atom. The highest BCUT2D eigenvalue weighted by molar-refractivity contribution is 9.10. The fraction of sp³-hybridized carbons (Fsp3) is 0. The summed E-state index contributed by atoms with van der Waals surface area (Å²) in [5, 5.41) is 2.94. The van der Waals surface area contributed by atoms with Gasteiger partial charge in [0.25, 0.3) is 0 Å². The van der Waals surface area contributed by atoms with Crippen LogP contribution in [0.4, 0.5) is 0 Å². The van der Waals surface area contributed by atoms with Gasteiger partial charge in [0, 0.05) is 20.0 Å². The topological polar surface area (TPSA) is 17.1 Å². The van der Waals surface area contributed by atoms with E-state index in [1.54, 1.807) is 35.7 Å². The third kappa shape index (κ3) is 4.38. The van der Waals surface area contributed by atoms with Gasteiger partial charge < -0.3 is 0 Å². The number of hydrogen-bond acceptors (Lipinski definition) is 2. The van der Waals surface area contributed by atoms with Gasteiger partial charge >= 0.3 is 0 Å². The molecule has 2 aromatic rings. The largest absolute Gasteiger partial charge is 0.289 e. The third-order valence-corrected chi connectivity index (χ3v) is 4.51. The molecule has 0 fully saturated rings. The Morgan fingerprint density at radius 3 is 2.50 bits per heavy atom. The number of carbonyl (C=O) groups is 1. The van der Waals surface area contributed by atoms with Crippen molar-refractivity contribution in [2.24, 2.45) is 0 Å². The summed E-state index contributed by atoms with van der Waals surface area (Å²) in [5.74, 6) is -0.0526. The molecule has 0 radical (unpaired) electrons. The summed E-state index contributed by atoms with van der Waals surface area (Å²) in [7, 11) is 0. The van der Waals surface area contributed by atoms with E-state index in [4.69, 9.17) is 23.2 Å². The van der Waals surface area contributed by atoms with Gasteiger partial charge in [0.1, 0.15) is 0 Å². The summed E-state index contributed by atoms with van der Waals surface area (Å²) in [6.07, 6.45) is 1.52. The first-order valence-electron chi connectivity index (χ1n) is 5.64. The van der Waals surface area contributed by atoms with Gasteiger partial charge in [-0.3, -0.25) is 4.79 Å². The SMILES string of the molecule is O=C(C=CSc1cc(Cl)ccc1Cl)c1ccc(Br)cc1. The highest BCUT2D eigenvalue weighted by Crippen LogP contribution is 2.30. The zero-order valence-corrected chi connectivity index (χ0v) is 14.1. The summed E-state index contributed by atoms with van der Waals surface area (Å²) < 4.78 is 0.943. The van der Waals surface area contributed by atoms with E-state index < -0.39 is 0 Å². The predicted molar refractivity (Wildman–Crippen MR) is 89.9 cm³/mol. The van der Waals surface area contributed by atoms with Gasteiger partial charge in [0.05, 0.1) is 5.02 Å². The first kappa shape index (κ1) is 15.6. The Hall–Kier alpha value is -0.740. The number of thioether (sulfide) groups is 1. The molecule has 0 aliphatic heterocycles. The van der Waals surface area contributed by atoms with Crippen molar-refractivity contribution in [1.29, 1.82) is 0 Å². The summed E-state index contributed by atoms with van der Waals surface area (Å²) in [6.45, 7) is 0. The lowest BCUT2D eigenvalue weighted by atomic mass is 10.1. The fourth-order valence-corrected chi connectivity index (χ4v) is 2.91. The van der Waals surface area contributed by atoms with Crippen LogP contribution in [0, 0.1) is 0 Å². The lowest BCUT2D eigenvalue weighted by Gasteiger charge is -2.00. The lowest BCUT2D eigenvalue weighted by Crippen LogP contribution is -1.92. The zero-order valence-electron chi connectivity index (χ0n) is 10.1. The Balaban J connectivity index is 2.04. The maximum Gasteiger partial charge on any atom is 0.186 e. The molecule has 0 amide bonds. The zero-order chi connectivity index (χ0) is 14.5. The van der Waals surface area contributed by atoms with Crippen LogP contribution in [0.15, 0.2) is 63.3 Å². The van der Waals surface area contributed by atoms with Crippen molar-refractivity contribution in [3.8, 4) is 0 Å². The number of allylic oxidation sites excluding steroid dienone is 1. The van der Waals surface area contributed by atoms with Gasteiger partial charge in [-0.05, 0) is 53.9 Å². The summed E-state index contributed by atoms with van der Waals surface area (Å²) in [6, 6.07) is 12.4. The number of rotatable bonds is 4.